The van der Waals surface area contributed by atoms with Gasteiger partial charge >= 0.3 is 5.97 Å². The largest absolute Gasteiger partial charge is 0.497 e. The molecule has 1 atom stereocenters. The first-order chi connectivity index (χ1) is 15.6. The van der Waals surface area contributed by atoms with Crippen LogP contribution in [-0.2, 0) is 29.1 Å². The molecule has 0 bridgehead atoms. The van der Waals surface area contributed by atoms with Crippen molar-refractivity contribution in [1.82, 2.24) is 4.72 Å². The molecule has 2 amide bonds. The number of sulfonamides is 1. The lowest BCUT2D eigenvalue weighted by Gasteiger charge is -2.15. The molecule has 0 aliphatic heterocycles. The molecule has 12 heteroatoms. The molecule has 33 heavy (non-hydrogen) atoms. The van der Waals surface area contributed by atoms with E-state index in [1.807, 2.05) is 0 Å². The molecule has 3 N–H and O–H groups in total. The standard InChI is InChI=1S/C21H25N3O8S/c1-13(24-33(28,29)17-8-6-16(30-3)7-9-17)21(27)32-12-20(26)23-18-11-15(22-14(2)25)5-10-19(18)31-4/h5-11,13,24H,12H2,1-4H3,(H,22,25)(H,23,26)/t13-/m0/s1. The first kappa shape index (κ1) is 25.6. The highest BCUT2D eigenvalue weighted by Crippen LogP contribution is 2.27. The van der Waals surface area contributed by atoms with E-state index in [4.69, 9.17) is 14.2 Å². The smallest absolute Gasteiger partial charge is 0.324 e. The minimum absolute atomic E-state index is 0.0631. The van der Waals surface area contributed by atoms with Crippen LogP contribution in [0.5, 0.6) is 11.5 Å². The zero-order chi connectivity index (χ0) is 24.6. The van der Waals surface area contributed by atoms with Crippen LogP contribution in [0.1, 0.15) is 13.8 Å². The third-order valence-corrected chi connectivity index (χ3v) is 5.75. The number of rotatable bonds is 10. The Hall–Kier alpha value is -3.64. The zero-order valence-electron chi connectivity index (χ0n) is 18.5. The Balaban J connectivity index is 1.95. The second-order valence-corrected chi connectivity index (χ2v) is 8.48. The van der Waals surface area contributed by atoms with Gasteiger partial charge in [-0.15, -0.1) is 0 Å². The molecule has 0 fully saturated rings. The van der Waals surface area contributed by atoms with Gasteiger partial charge in [0.1, 0.15) is 17.5 Å². The van der Waals surface area contributed by atoms with Crippen molar-refractivity contribution in [1.29, 1.82) is 0 Å². The van der Waals surface area contributed by atoms with Crippen LogP contribution in [0, 0.1) is 0 Å². The van der Waals surface area contributed by atoms with Gasteiger partial charge in [0.25, 0.3) is 5.91 Å². The Morgan fingerprint density at radius 1 is 0.970 bits per heavy atom. The van der Waals surface area contributed by atoms with Crippen LogP contribution >= 0.6 is 0 Å². The van der Waals surface area contributed by atoms with Crippen LogP contribution in [0.3, 0.4) is 0 Å². The summed E-state index contributed by atoms with van der Waals surface area (Å²) in [6, 6.07) is 8.96. The molecular formula is C21H25N3O8S. The molecular weight excluding hydrogens is 454 g/mol. The molecule has 0 radical (unpaired) electrons. The van der Waals surface area contributed by atoms with Crippen molar-refractivity contribution >= 4 is 39.2 Å². The van der Waals surface area contributed by atoms with Crippen molar-refractivity contribution in [3.63, 3.8) is 0 Å². The fourth-order valence-electron chi connectivity index (χ4n) is 2.64. The summed E-state index contributed by atoms with van der Waals surface area (Å²) in [6.07, 6.45) is 0. The van der Waals surface area contributed by atoms with Crippen LogP contribution in [0.4, 0.5) is 11.4 Å². The molecule has 0 heterocycles. The average Bonchev–Trinajstić information content (AvgIpc) is 2.77. The summed E-state index contributed by atoms with van der Waals surface area (Å²) in [4.78, 5) is 35.6. The van der Waals surface area contributed by atoms with Gasteiger partial charge in [0.15, 0.2) is 6.61 Å². The Bertz CT molecular complexity index is 1120. The number of ether oxygens (including phenoxy) is 3. The van der Waals surface area contributed by atoms with Gasteiger partial charge in [-0.05, 0) is 49.4 Å². The Morgan fingerprint density at radius 2 is 1.64 bits per heavy atom. The molecule has 0 aliphatic rings. The number of anilines is 2. The van der Waals surface area contributed by atoms with Gasteiger partial charge in [-0.25, -0.2) is 8.42 Å². The molecule has 2 rings (SSSR count). The maximum atomic E-state index is 12.4. The van der Waals surface area contributed by atoms with Crippen LogP contribution in [0.15, 0.2) is 47.4 Å². The number of nitrogens with one attached hydrogen (secondary N) is 3. The minimum Gasteiger partial charge on any atom is -0.497 e. The lowest BCUT2D eigenvalue weighted by Crippen LogP contribution is -2.40. The molecule has 178 valence electrons. The normalized spacial score (nSPS) is 11.8. The van der Waals surface area contributed by atoms with E-state index in [0.717, 1.165) is 0 Å². The van der Waals surface area contributed by atoms with Crippen molar-refractivity contribution in [2.75, 3.05) is 31.5 Å². The average molecular weight is 480 g/mol. The number of amides is 2. The molecule has 0 spiro atoms. The van der Waals surface area contributed by atoms with E-state index in [2.05, 4.69) is 15.4 Å². The lowest BCUT2D eigenvalue weighted by molar-refractivity contribution is -0.148. The van der Waals surface area contributed by atoms with Crippen LogP contribution in [0.2, 0.25) is 0 Å². The van der Waals surface area contributed by atoms with Crippen LogP contribution in [0.25, 0.3) is 0 Å². The Morgan fingerprint density at radius 3 is 2.21 bits per heavy atom. The monoisotopic (exact) mass is 479 g/mol. The summed E-state index contributed by atoms with van der Waals surface area (Å²) in [5.74, 6) is -1.12. The van der Waals surface area contributed by atoms with Crippen molar-refractivity contribution in [2.24, 2.45) is 0 Å². The summed E-state index contributed by atoms with van der Waals surface area (Å²) in [6.45, 7) is 1.97. The summed E-state index contributed by atoms with van der Waals surface area (Å²) >= 11 is 0. The van der Waals surface area contributed by atoms with Gasteiger partial charge in [-0.3, -0.25) is 14.4 Å². The predicted molar refractivity (Wildman–Crippen MR) is 120 cm³/mol. The van der Waals surface area contributed by atoms with Gasteiger partial charge in [0, 0.05) is 12.6 Å². The molecule has 0 saturated heterocycles. The summed E-state index contributed by atoms with van der Waals surface area (Å²) in [5, 5.41) is 5.08. The first-order valence-corrected chi connectivity index (χ1v) is 11.1. The zero-order valence-corrected chi connectivity index (χ0v) is 19.3. The highest BCUT2D eigenvalue weighted by atomic mass is 32.2. The van der Waals surface area contributed by atoms with E-state index in [1.165, 1.54) is 58.4 Å². The molecule has 2 aromatic rings. The van der Waals surface area contributed by atoms with Gasteiger partial charge in [0.2, 0.25) is 15.9 Å². The summed E-state index contributed by atoms with van der Waals surface area (Å²) in [5.41, 5.74) is 0.676. The fourth-order valence-corrected chi connectivity index (χ4v) is 3.83. The molecule has 0 unspecified atom stereocenters. The van der Waals surface area contributed by atoms with Gasteiger partial charge in [-0.2, -0.15) is 4.72 Å². The van der Waals surface area contributed by atoms with E-state index in [0.29, 0.717) is 17.2 Å². The van der Waals surface area contributed by atoms with Gasteiger partial charge in [0.05, 0.1) is 24.8 Å². The molecule has 11 nitrogen and oxygen atoms in total. The van der Waals surface area contributed by atoms with Crippen LogP contribution < -0.4 is 24.8 Å². The fraction of sp³-hybridized carbons (Fsp3) is 0.286. The number of esters is 1. The number of methoxy groups -OCH3 is 2. The maximum absolute atomic E-state index is 12.4. The van der Waals surface area contributed by atoms with Crippen LogP contribution in [-0.4, -0.2) is 53.1 Å². The lowest BCUT2D eigenvalue weighted by atomic mass is 10.2. The number of benzene rings is 2. The first-order valence-electron chi connectivity index (χ1n) is 9.64. The third kappa shape index (κ3) is 7.47. The Kier molecular flexibility index (Phi) is 8.77. The molecule has 0 aliphatic carbocycles. The van der Waals surface area contributed by atoms with Gasteiger partial charge < -0.3 is 24.8 Å². The van der Waals surface area contributed by atoms with E-state index in [9.17, 15) is 22.8 Å². The third-order valence-electron chi connectivity index (χ3n) is 4.19. The van der Waals surface area contributed by atoms with Gasteiger partial charge in [-0.1, -0.05) is 0 Å². The molecule has 2 aromatic carbocycles. The quantitative estimate of drug-likeness (QED) is 0.434. The SMILES string of the molecule is COc1ccc(S(=O)(=O)N[C@@H](C)C(=O)OCC(=O)Nc2cc(NC(C)=O)ccc2OC)cc1. The predicted octanol–water partition coefficient (Wildman–Crippen LogP) is 1.51. The van der Waals surface area contributed by atoms with Crippen molar-refractivity contribution in [3.05, 3.63) is 42.5 Å². The topological polar surface area (TPSA) is 149 Å². The Labute approximate surface area is 191 Å². The number of carbonyl (C=O) groups is 3. The summed E-state index contributed by atoms with van der Waals surface area (Å²) in [7, 11) is -1.15. The van der Waals surface area contributed by atoms with Crippen molar-refractivity contribution in [3.8, 4) is 11.5 Å². The van der Waals surface area contributed by atoms with Crippen molar-refractivity contribution < 1.29 is 37.0 Å². The second-order valence-electron chi connectivity index (χ2n) is 6.77. The second kappa shape index (κ2) is 11.3. The molecule has 0 saturated carbocycles. The highest BCUT2D eigenvalue weighted by molar-refractivity contribution is 7.89. The van der Waals surface area contributed by atoms with E-state index in [-0.39, 0.29) is 16.5 Å². The highest BCUT2D eigenvalue weighted by Gasteiger charge is 2.24. The van der Waals surface area contributed by atoms with E-state index < -0.39 is 34.5 Å². The number of hydrogen-bond acceptors (Lipinski definition) is 8. The molecule has 0 aromatic heterocycles. The minimum atomic E-state index is -4.00. The summed E-state index contributed by atoms with van der Waals surface area (Å²) < 4.78 is 42.1. The van der Waals surface area contributed by atoms with Crippen molar-refractivity contribution in [2.45, 2.75) is 24.8 Å². The van der Waals surface area contributed by atoms with E-state index >= 15 is 0 Å². The number of hydrogen-bond donors (Lipinski definition) is 3. The maximum Gasteiger partial charge on any atom is 0.324 e. The number of carbonyl (C=O) groups excluding carboxylic acids is 3. The van der Waals surface area contributed by atoms with E-state index in [1.54, 1.807) is 12.1 Å².